The minimum Gasteiger partial charge on any atom is -0.469 e. The first-order chi connectivity index (χ1) is 10.8. The fourth-order valence-corrected chi connectivity index (χ4v) is 2.44. The Morgan fingerprint density at radius 2 is 1.83 bits per heavy atom. The Kier molecular flexibility index (Phi) is 4.85. The van der Waals surface area contributed by atoms with Crippen molar-refractivity contribution in [2.75, 3.05) is 11.0 Å². The van der Waals surface area contributed by atoms with Gasteiger partial charge in [-0.2, -0.15) is 5.10 Å². The van der Waals surface area contributed by atoms with E-state index in [1.807, 2.05) is 0 Å². The Balaban J connectivity index is 2.06. The maximum Gasteiger partial charge on any atom is 0.274 e. The number of rotatable bonds is 5. The van der Waals surface area contributed by atoms with Crippen molar-refractivity contribution in [3.8, 4) is 0 Å². The topological polar surface area (TPSA) is 101 Å². The summed E-state index contributed by atoms with van der Waals surface area (Å²) < 4.78 is 29.7. The molecule has 0 fully saturated rings. The molecular weight excluding hydrogens is 318 g/mol. The first-order valence-corrected chi connectivity index (χ1v) is 8.62. The molecule has 0 aliphatic heterocycles. The van der Waals surface area contributed by atoms with E-state index in [-0.39, 0.29) is 5.91 Å². The first kappa shape index (κ1) is 16.8. The van der Waals surface area contributed by atoms with E-state index in [2.05, 4.69) is 15.2 Å². The summed E-state index contributed by atoms with van der Waals surface area (Å²) in [6, 6.07) is 8.24. The van der Waals surface area contributed by atoms with Gasteiger partial charge in [-0.1, -0.05) is 12.1 Å². The SMILES string of the molecule is CC(=NNC(=O)c1ccoc1C)c1ccc(NS(C)(=O)=O)cc1. The van der Waals surface area contributed by atoms with Gasteiger partial charge in [0.05, 0.1) is 23.8 Å². The highest BCUT2D eigenvalue weighted by molar-refractivity contribution is 7.92. The van der Waals surface area contributed by atoms with Crippen molar-refractivity contribution in [3.05, 3.63) is 53.5 Å². The van der Waals surface area contributed by atoms with Gasteiger partial charge in [0.1, 0.15) is 5.76 Å². The lowest BCUT2D eigenvalue weighted by atomic mass is 10.1. The van der Waals surface area contributed by atoms with Crippen LogP contribution >= 0.6 is 0 Å². The number of aryl methyl sites for hydroxylation is 1. The number of carbonyl (C=O) groups excluding carboxylic acids is 1. The predicted octanol–water partition coefficient (Wildman–Crippen LogP) is 2.11. The molecule has 1 amide bonds. The summed E-state index contributed by atoms with van der Waals surface area (Å²) in [4.78, 5) is 11.9. The van der Waals surface area contributed by atoms with Gasteiger partial charge in [-0.15, -0.1) is 0 Å². The number of sulfonamides is 1. The summed E-state index contributed by atoms with van der Waals surface area (Å²) in [6.07, 6.45) is 2.52. The van der Waals surface area contributed by atoms with Gasteiger partial charge in [0.15, 0.2) is 0 Å². The van der Waals surface area contributed by atoms with E-state index in [4.69, 9.17) is 4.42 Å². The number of benzene rings is 1. The van der Waals surface area contributed by atoms with E-state index in [1.165, 1.54) is 6.26 Å². The van der Waals surface area contributed by atoms with Crippen molar-refractivity contribution in [1.82, 2.24) is 5.43 Å². The molecule has 1 heterocycles. The molecule has 0 aliphatic rings. The van der Waals surface area contributed by atoms with Gasteiger partial charge in [-0.3, -0.25) is 9.52 Å². The van der Waals surface area contributed by atoms with Gasteiger partial charge in [0, 0.05) is 5.69 Å². The van der Waals surface area contributed by atoms with Crippen LogP contribution in [0.1, 0.15) is 28.6 Å². The molecule has 1 aromatic carbocycles. The number of anilines is 1. The Morgan fingerprint density at radius 3 is 2.35 bits per heavy atom. The van der Waals surface area contributed by atoms with E-state index in [0.29, 0.717) is 22.7 Å². The summed E-state index contributed by atoms with van der Waals surface area (Å²) >= 11 is 0. The van der Waals surface area contributed by atoms with Crippen LogP contribution in [-0.4, -0.2) is 26.3 Å². The molecule has 0 aliphatic carbocycles. The van der Waals surface area contributed by atoms with Crippen LogP contribution in [0, 0.1) is 6.92 Å². The lowest BCUT2D eigenvalue weighted by Crippen LogP contribution is -2.19. The summed E-state index contributed by atoms with van der Waals surface area (Å²) in [5.74, 6) is 0.164. The average Bonchev–Trinajstić information content (AvgIpc) is 2.90. The van der Waals surface area contributed by atoms with Crippen LogP contribution in [0.25, 0.3) is 0 Å². The number of hydrogen-bond acceptors (Lipinski definition) is 5. The third-order valence-electron chi connectivity index (χ3n) is 3.03. The Bertz CT molecular complexity index is 836. The molecule has 8 heteroatoms. The molecule has 122 valence electrons. The third kappa shape index (κ3) is 4.68. The summed E-state index contributed by atoms with van der Waals surface area (Å²) in [6.45, 7) is 3.43. The second kappa shape index (κ2) is 6.66. The second-order valence-electron chi connectivity index (χ2n) is 4.98. The van der Waals surface area contributed by atoms with E-state index >= 15 is 0 Å². The van der Waals surface area contributed by atoms with Gasteiger partial charge in [0.25, 0.3) is 5.91 Å². The highest BCUT2D eigenvalue weighted by Gasteiger charge is 2.10. The van der Waals surface area contributed by atoms with E-state index in [9.17, 15) is 13.2 Å². The maximum absolute atomic E-state index is 11.9. The number of nitrogens with one attached hydrogen (secondary N) is 2. The zero-order valence-electron chi connectivity index (χ0n) is 13.0. The number of nitrogens with zero attached hydrogens (tertiary/aromatic N) is 1. The molecule has 0 atom stereocenters. The zero-order chi connectivity index (χ0) is 17.0. The van der Waals surface area contributed by atoms with Gasteiger partial charge in [-0.05, 0) is 37.6 Å². The smallest absolute Gasteiger partial charge is 0.274 e. The highest BCUT2D eigenvalue weighted by atomic mass is 32.2. The van der Waals surface area contributed by atoms with Crippen LogP contribution in [-0.2, 0) is 10.0 Å². The quantitative estimate of drug-likeness (QED) is 0.645. The van der Waals surface area contributed by atoms with Crippen LogP contribution in [0.4, 0.5) is 5.69 Å². The fourth-order valence-electron chi connectivity index (χ4n) is 1.87. The molecule has 23 heavy (non-hydrogen) atoms. The predicted molar refractivity (Wildman–Crippen MR) is 88.0 cm³/mol. The number of amides is 1. The van der Waals surface area contributed by atoms with E-state index in [1.54, 1.807) is 44.2 Å². The molecular formula is C15H17N3O4S. The van der Waals surface area contributed by atoms with Crippen LogP contribution < -0.4 is 10.1 Å². The third-order valence-corrected chi connectivity index (χ3v) is 3.64. The normalized spacial score (nSPS) is 12.0. The van der Waals surface area contributed by atoms with Gasteiger partial charge >= 0.3 is 0 Å². The monoisotopic (exact) mass is 335 g/mol. The number of carbonyl (C=O) groups is 1. The Hall–Kier alpha value is -2.61. The van der Waals surface area contributed by atoms with Crippen molar-refractivity contribution in [2.24, 2.45) is 5.10 Å². The van der Waals surface area contributed by atoms with E-state index < -0.39 is 10.0 Å². The molecule has 2 aromatic rings. The fraction of sp³-hybridized carbons (Fsp3) is 0.200. The van der Waals surface area contributed by atoms with Crippen LogP contribution in [0.2, 0.25) is 0 Å². The molecule has 2 N–H and O–H groups in total. The first-order valence-electron chi connectivity index (χ1n) is 6.73. The molecule has 7 nitrogen and oxygen atoms in total. The maximum atomic E-state index is 11.9. The Morgan fingerprint density at radius 1 is 1.17 bits per heavy atom. The second-order valence-corrected chi connectivity index (χ2v) is 6.73. The van der Waals surface area contributed by atoms with Crippen LogP contribution in [0.3, 0.4) is 0 Å². The van der Waals surface area contributed by atoms with Crippen LogP contribution in [0.15, 0.2) is 46.1 Å². The van der Waals surface area contributed by atoms with Gasteiger partial charge in [-0.25, -0.2) is 13.8 Å². The average molecular weight is 335 g/mol. The Labute approximate surface area is 134 Å². The van der Waals surface area contributed by atoms with Crippen molar-refractivity contribution in [3.63, 3.8) is 0 Å². The number of furan rings is 1. The molecule has 0 spiro atoms. The van der Waals surface area contributed by atoms with Gasteiger partial charge in [0.2, 0.25) is 10.0 Å². The van der Waals surface area contributed by atoms with Crippen molar-refractivity contribution < 1.29 is 17.6 Å². The van der Waals surface area contributed by atoms with Crippen molar-refractivity contribution in [1.29, 1.82) is 0 Å². The highest BCUT2D eigenvalue weighted by Crippen LogP contribution is 2.12. The lowest BCUT2D eigenvalue weighted by molar-refractivity contribution is 0.0953. The largest absolute Gasteiger partial charge is 0.469 e. The minimum atomic E-state index is -3.31. The summed E-state index contributed by atoms with van der Waals surface area (Å²) in [5.41, 5.74) is 4.69. The molecule has 0 bridgehead atoms. The molecule has 0 radical (unpaired) electrons. The van der Waals surface area contributed by atoms with Crippen LogP contribution in [0.5, 0.6) is 0 Å². The van der Waals surface area contributed by atoms with E-state index in [0.717, 1.165) is 11.8 Å². The molecule has 2 rings (SSSR count). The minimum absolute atomic E-state index is 0.356. The molecule has 1 aromatic heterocycles. The molecule has 0 saturated heterocycles. The summed E-state index contributed by atoms with van der Waals surface area (Å²) in [5, 5.41) is 4.03. The van der Waals surface area contributed by atoms with Crippen molar-refractivity contribution in [2.45, 2.75) is 13.8 Å². The standard InChI is InChI=1S/C15H17N3O4S/c1-10(16-17-15(19)14-8-9-22-11(14)2)12-4-6-13(7-5-12)18-23(3,20)21/h4-9,18H,1-3H3,(H,17,19). The van der Waals surface area contributed by atoms with Gasteiger partial charge < -0.3 is 4.42 Å². The number of hydrazone groups is 1. The molecule has 0 saturated carbocycles. The lowest BCUT2D eigenvalue weighted by Gasteiger charge is -2.06. The molecule has 0 unspecified atom stereocenters. The number of hydrogen-bond donors (Lipinski definition) is 2. The van der Waals surface area contributed by atoms with Crippen molar-refractivity contribution >= 4 is 27.3 Å². The zero-order valence-corrected chi connectivity index (χ0v) is 13.8. The summed E-state index contributed by atoms with van der Waals surface area (Å²) in [7, 11) is -3.31.